The van der Waals surface area contributed by atoms with Crippen LogP contribution in [0.1, 0.15) is 6.42 Å². The van der Waals surface area contributed by atoms with E-state index in [-0.39, 0.29) is 4.90 Å². The number of halogens is 1. The van der Waals surface area contributed by atoms with Crippen LogP contribution in [0.25, 0.3) is 0 Å². The van der Waals surface area contributed by atoms with Gasteiger partial charge in [0.25, 0.3) is 0 Å². The Morgan fingerprint density at radius 1 is 1.35 bits per heavy atom. The number of rotatable bonds is 6. The number of piperazine rings is 1. The predicted molar refractivity (Wildman–Crippen MR) is 81.1 cm³/mol. The fourth-order valence-corrected chi connectivity index (χ4v) is 3.64. The molecule has 1 fully saturated rings. The van der Waals surface area contributed by atoms with Gasteiger partial charge in [0.05, 0.1) is 0 Å². The molecule has 2 N–H and O–H groups in total. The molecule has 2 rings (SSSR count). The molecule has 8 heteroatoms. The summed E-state index contributed by atoms with van der Waals surface area (Å²) in [5.41, 5.74) is 0. The molecule has 0 unspecified atom stereocenters. The van der Waals surface area contributed by atoms with E-state index >= 15 is 0 Å². The van der Waals surface area contributed by atoms with E-state index in [4.69, 9.17) is 0 Å². The van der Waals surface area contributed by atoms with Gasteiger partial charge in [-0.3, -0.25) is 4.98 Å². The van der Waals surface area contributed by atoms with E-state index in [0.29, 0.717) is 11.0 Å². The van der Waals surface area contributed by atoms with Gasteiger partial charge < -0.3 is 10.2 Å². The molecule has 0 atom stereocenters. The van der Waals surface area contributed by atoms with Crippen molar-refractivity contribution in [3.05, 3.63) is 22.9 Å². The summed E-state index contributed by atoms with van der Waals surface area (Å²) in [4.78, 5) is 6.40. The van der Waals surface area contributed by atoms with E-state index in [9.17, 15) is 8.42 Å². The maximum absolute atomic E-state index is 12.0. The summed E-state index contributed by atoms with van der Waals surface area (Å²) in [5, 5.41) is 3.29. The lowest BCUT2D eigenvalue weighted by Crippen LogP contribution is -2.44. The summed E-state index contributed by atoms with van der Waals surface area (Å²) >= 11 is 3.22. The third-order valence-electron chi connectivity index (χ3n) is 3.14. The highest BCUT2D eigenvalue weighted by atomic mass is 79.9. The third kappa shape index (κ3) is 4.78. The highest BCUT2D eigenvalue weighted by molar-refractivity contribution is 9.10. The Bertz CT molecular complexity index is 532. The minimum absolute atomic E-state index is 0.189. The SMILES string of the molecule is O=S(=O)(NCCCN1CCNCC1)c1cncc(Br)c1. The minimum Gasteiger partial charge on any atom is -0.314 e. The first kappa shape index (κ1) is 15.8. The van der Waals surface area contributed by atoms with Crippen LogP contribution >= 0.6 is 15.9 Å². The molecule has 0 spiro atoms. The third-order valence-corrected chi connectivity index (χ3v) is 5.00. The molecule has 1 aliphatic heterocycles. The zero-order valence-electron chi connectivity index (χ0n) is 11.2. The Balaban J connectivity index is 1.78. The maximum Gasteiger partial charge on any atom is 0.242 e. The summed E-state index contributed by atoms with van der Waals surface area (Å²) < 4.78 is 27.3. The van der Waals surface area contributed by atoms with Crippen LogP contribution in [-0.2, 0) is 10.0 Å². The van der Waals surface area contributed by atoms with Crippen molar-refractivity contribution in [2.45, 2.75) is 11.3 Å². The number of nitrogens with zero attached hydrogens (tertiary/aromatic N) is 2. The number of aromatic nitrogens is 1. The lowest BCUT2D eigenvalue weighted by molar-refractivity contribution is 0.239. The van der Waals surface area contributed by atoms with Crippen molar-refractivity contribution in [2.75, 3.05) is 39.3 Å². The molecule has 1 aliphatic rings. The molecule has 1 saturated heterocycles. The molecule has 1 aromatic rings. The average Bonchev–Trinajstić information content (AvgIpc) is 2.45. The van der Waals surface area contributed by atoms with Crippen LogP contribution in [-0.4, -0.2) is 57.6 Å². The molecule has 6 nitrogen and oxygen atoms in total. The molecular weight excluding hydrogens is 344 g/mol. The molecule has 0 bridgehead atoms. The van der Waals surface area contributed by atoms with Gasteiger partial charge in [-0.15, -0.1) is 0 Å². The topological polar surface area (TPSA) is 74.3 Å². The normalized spacial score (nSPS) is 17.2. The molecule has 112 valence electrons. The van der Waals surface area contributed by atoms with Gasteiger partial charge in [0.15, 0.2) is 0 Å². The molecule has 0 saturated carbocycles. The van der Waals surface area contributed by atoms with E-state index < -0.39 is 10.0 Å². The van der Waals surface area contributed by atoms with Gasteiger partial charge in [0.1, 0.15) is 4.90 Å². The standard InChI is InChI=1S/C12H19BrN4O2S/c13-11-8-12(10-15-9-11)20(18,19)16-2-1-5-17-6-3-14-4-7-17/h8-10,14,16H,1-7H2. The average molecular weight is 363 g/mol. The van der Waals surface area contributed by atoms with Crippen LogP contribution in [0, 0.1) is 0 Å². The summed E-state index contributed by atoms with van der Waals surface area (Å²) in [6, 6.07) is 1.55. The van der Waals surface area contributed by atoms with E-state index in [2.05, 4.69) is 35.9 Å². The second-order valence-corrected chi connectivity index (χ2v) is 7.36. The van der Waals surface area contributed by atoms with Crippen molar-refractivity contribution in [1.82, 2.24) is 19.9 Å². The zero-order chi connectivity index (χ0) is 14.4. The molecule has 20 heavy (non-hydrogen) atoms. The number of sulfonamides is 1. The van der Waals surface area contributed by atoms with Gasteiger partial charge in [0, 0.05) is 49.6 Å². The maximum atomic E-state index is 12.0. The van der Waals surface area contributed by atoms with Crippen LogP contribution < -0.4 is 10.0 Å². The summed E-state index contributed by atoms with van der Waals surface area (Å²) in [7, 11) is -3.46. The lowest BCUT2D eigenvalue weighted by atomic mass is 10.3. The highest BCUT2D eigenvalue weighted by Gasteiger charge is 2.14. The number of nitrogens with one attached hydrogen (secondary N) is 2. The van der Waals surface area contributed by atoms with Crippen molar-refractivity contribution < 1.29 is 8.42 Å². The van der Waals surface area contributed by atoms with E-state index in [1.165, 1.54) is 6.20 Å². The van der Waals surface area contributed by atoms with Crippen molar-refractivity contribution in [3.63, 3.8) is 0 Å². The predicted octanol–water partition coefficient (Wildman–Crippen LogP) is 0.418. The first-order valence-electron chi connectivity index (χ1n) is 6.61. The lowest BCUT2D eigenvalue weighted by Gasteiger charge is -2.27. The largest absolute Gasteiger partial charge is 0.314 e. The molecule has 0 aliphatic carbocycles. The van der Waals surface area contributed by atoms with Crippen LogP contribution in [0.5, 0.6) is 0 Å². The van der Waals surface area contributed by atoms with Gasteiger partial charge in [0.2, 0.25) is 10.0 Å². The van der Waals surface area contributed by atoms with Gasteiger partial charge in [-0.2, -0.15) is 0 Å². The van der Waals surface area contributed by atoms with Gasteiger partial charge in [-0.05, 0) is 35.0 Å². The molecule has 2 heterocycles. The van der Waals surface area contributed by atoms with Crippen LogP contribution in [0.3, 0.4) is 0 Å². The summed E-state index contributed by atoms with van der Waals surface area (Å²) in [6.07, 6.45) is 3.72. The van der Waals surface area contributed by atoms with Crippen molar-refractivity contribution in [3.8, 4) is 0 Å². The second kappa shape index (κ2) is 7.46. The Kier molecular flexibility index (Phi) is 5.91. The number of hydrogen-bond donors (Lipinski definition) is 2. The summed E-state index contributed by atoms with van der Waals surface area (Å²) in [6.45, 7) is 5.44. The molecule has 0 radical (unpaired) electrons. The smallest absolute Gasteiger partial charge is 0.242 e. The first-order valence-corrected chi connectivity index (χ1v) is 8.89. The minimum atomic E-state index is -3.46. The monoisotopic (exact) mass is 362 g/mol. The van der Waals surface area contributed by atoms with Crippen molar-refractivity contribution >= 4 is 26.0 Å². The quantitative estimate of drug-likeness (QED) is 0.717. The first-order chi connectivity index (χ1) is 9.58. The molecule has 1 aromatic heterocycles. The Labute approximate surface area is 128 Å². The highest BCUT2D eigenvalue weighted by Crippen LogP contribution is 2.13. The Morgan fingerprint density at radius 2 is 2.10 bits per heavy atom. The van der Waals surface area contributed by atoms with E-state index in [1.54, 1.807) is 12.3 Å². The fourth-order valence-electron chi connectivity index (χ4n) is 2.07. The van der Waals surface area contributed by atoms with Crippen molar-refractivity contribution in [1.29, 1.82) is 0 Å². The van der Waals surface area contributed by atoms with Crippen LogP contribution in [0.4, 0.5) is 0 Å². The fraction of sp³-hybridized carbons (Fsp3) is 0.583. The summed E-state index contributed by atoms with van der Waals surface area (Å²) in [5.74, 6) is 0. The van der Waals surface area contributed by atoms with Gasteiger partial charge in [-0.1, -0.05) is 0 Å². The van der Waals surface area contributed by atoms with Crippen LogP contribution in [0.2, 0.25) is 0 Å². The second-order valence-electron chi connectivity index (χ2n) is 4.68. The molecule has 0 aromatic carbocycles. The van der Waals surface area contributed by atoms with Crippen molar-refractivity contribution in [2.24, 2.45) is 0 Å². The van der Waals surface area contributed by atoms with E-state index in [0.717, 1.165) is 39.1 Å². The molecule has 0 amide bonds. The Hall–Kier alpha value is -0.540. The Morgan fingerprint density at radius 3 is 2.80 bits per heavy atom. The van der Waals surface area contributed by atoms with E-state index in [1.807, 2.05) is 0 Å². The number of hydrogen-bond acceptors (Lipinski definition) is 5. The van der Waals surface area contributed by atoms with Crippen LogP contribution in [0.15, 0.2) is 27.8 Å². The molecular formula is C12H19BrN4O2S. The van der Waals surface area contributed by atoms with Gasteiger partial charge in [-0.25, -0.2) is 13.1 Å². The van der Waals surface area contributed by atoms with Gasteiger partial charge >= 0.3 is 0 Å². The zero-order valence-corrected chi connectivity index (χ0v) is 13.6. The number of pyridine rings is 1.